The third-order valence-corrected chi connectivity index (χ3v) is 4.20. The first-order valence-corrected chi connectivity index (χ1v) is 6.85. The second-order valence-electron chi connectivity index (χ2n) is 4.56. The zero-order valence-corrected chi connectivity index (χ0v) is 11.1. The maximum Gasteiger partial charge on any atom is 0.146 e. The van der Waals surface area contributed by atoms with Crippen LogP contribution in [0, 0.1) is 29.6 Å². The Kier molecular flexibility index (Phi) is 3.74. The minimum Gasteiger partial charge on any atom is -0.274 e. The van der Waals surface area contributed by atoms with Gasteiger partial charge >= 0.3 is 0 Å². The number of aliphatic imine (C=N–C) groups is 1. The van der Waals surface area contributed by atoms with Gasteiger partial charge in [-0.15, -0.1) is 11.3 Å². The molecule has 0 saturated heterocycles. The van der Waals surface area contributed by atoms with Crippen molar-refractivity contribution in [1.29, 1.82) is 10.5 Å². The Labute approximate surface area is 111 Å². The molecule has 1 aliphatic rings. The number of rotatable bonds is 3. The minimum absolute atomic E-state index is 0.436. The monoisotopic (exact) mass is 258 g/mol. The molecule has 0 spiro atoms. The first kappa shape index (κ1) is 12.7. The molecule has 0 aromatic carbocycles. The van der Waals surface area contributed by atoms with E-state index in [2.05, 4.69) is 22.1 Å². The fourth-order valence-electron chi connectivity index (χ4n) is 2.11. The van der Waals surface area contributed by atoms with Crippen LogP contribution in [0.15, 0.2) is 10.4 Å². The van der Waals surface area contributed by atoms with Crippen LogP contribution < -0.4 is 0 Å². The van der Waals surface area contributed by atoms with Crippen LogP contribution in [-0.2, 0) is 0 Å². The Hall–Kier alpha value is -1.72. The number of hydrogen-bond donors (Lipinski definition) is 0. The SMILES string of the molecule is Cc1csc([C@@H](C#N)C=NC2(C#N)CCCC2)n1. The molecule has 0 bridgehead atoms. The molecule has 4 nitrogen and oxygen atoms in total. The van der Waals surface area contributed by atoms with Gasteiger partial charge < -0.3 is 0 Å². The molecule has 1 saturated carbocycles. The molecule has 0 amide bonds. The van der Waals surface area contributed by atoms with Crippen LogP contribution in [0.25, 0.3) is 0 Å². The van der Waals surface area contributed by atoms with Crippen molar-refractivity contribution in [2.24, 2.45) is 4.99 Å². The van der Waals surface area contributed by atoms with Crippen LogP contribution in [0.5, 0.6) is 0 Å². The third kappa shape index (κ3) is 2.57. The molecule has 1 aromatic heterocycles. The van der Waals surface area contributed by atoms with Crippen LogP contribution in [0.3, 0.4) is 0 Å². The molecule has 0 unspecified atom stereocenters. The summed E-state index contributed by atoms with van der Waals surface area (Å²) >= 11 is 1.46. The molecule has 1 aliphatic carbocycles. The van der Waals surface area contributed by atoms with E-state index in [9.17, 15) is 5.26 Å². The highest BCUT2D eigenvalue weighted by molar-refractivity contribution is 7.09. The molecule has 1 fully saturated rings. The molecule has 0 aliphatic heterocycles. The summed E-state index contributed by atoms with van der Waals surface area (Å²) in [7, 11) is 0. The van der Waals surface area contributed by atoms with Gasteiger partial charge in [0.25, 0.3) is 0 Å². The molecule has 0 radical (unpaired) electrons. The van der Waals surface area contributed by atoms with Gasteiger partial charge in [-0.1, -0.05) is 0 Å². The summed E-state index contributed by atoms with van der Waals surface area (Å²) in [6, 6.07) is 4.48. The highest BCUT2D eigenvalue weighted by Crippen LogP contribution is 2.33. The van der Waals surface area contributed by atoms with Crippen molar-refractivity contribution in [2.75, 3.05) is 0 Å². The van der Waals surface area contributed by atoms with Crippen molar-refractivity contribution < 1.29 is 0 Å². The summed E-state index contributed by atoms with van der Waals surface area (Å²) in [5.74, 6) is -0.436. The fraction of sp³-hybridized carbons (Fsp3) is 0.538. The van der Waals surface area contributed by atoms with E-state index in [1.165, 1.54) is 11.3 Å². The van der Waals surface area contributed by atoms with Gasteiger partial charge in [0.2, 0.25) is 0 Å². The van der Waals surface area contributed by atoms with E-state index in [-0.39, 0.29) is 0 Å². The average molecular weight is 258 g/mol. The molecule has 5 heteroatoms. The molecule has 2 rings (SSSR count). The van der Waals surface area contributed by atoms with E-state index < -0.39 is 11.5 Å². The predicted octanol–water partition coefficient (Wildman–Crippen LogP) is 2.97. The molecule has 1 aromatic rings. The van der Waals surface area contributed by atoms with Gasteiger partial charge in [-0.05, 0) is 32.6 Å². The number of aryl methyl sites for hydroxylation is 1. The van der Waals surface area contributed by atoms with E-state index in [1.54, 1.807) is 6.21 Å². The Morgan fingerprint density at radius 2 is 2.22 bits per heavy atom. The Bertz CT molecular complexity index is 526. The zero-order chi connectivity index (χ0) is 13.0. The number of nitriles is 2. The van der Waals surface area contributed by atoms with Crippen LogP contribution >= 0.6 is 11.3 Å². The van der Waals surface area contributed by atoms with Crippen LogP contribution in [0.4, 0.5) is 0 Å². The van der Waals surface area contributed by atoms with Crippen molar-refractivity contribution in [3.8, 4) is 12.1 Å². The average Bonchev–Trinajstić information content (AvgIpc) is 3.00. The molecule has 18 heavy (non-hydrogen) atoms. The topological polar surface area (TPSA) is 72.8 Å². The van der Waals surface area contributed by atoms with E-state index in [4.69, 9.17) is 5.26 Å². The van der Waals surface area contributed by atoms with Crippen LogP contribution in [-0.4, -0.2) is 16.7 Å². The normalized spacial score (nSPS) is 19.5. The Balaban J connectivity index is 2.16. The Morgan fingerprint density at radius 1 is 1.50 bits per heavy atom. The largest absolute Gasteiger partial charge is 0.274 e. The zero-order valence-electron chi connectivity index (χ0n) is 10.3. The number of nitrogens with zero attached hydrogens (tertiary/aromatic N) is 4. The quantitative estimate of drug-likeness (QED) is 0.782. The maximum atomic E-state index is 9.22. The number of aromatic nitrogens is 1. The lowest BCUT2D eigenvalue weighted by atomic mass is 10.0. The minimum atomic E-state index is -0.596. The molecule has 92 valence electrons. The predicted molar refractivity (Wildman–Crippen MR) is 70.5 cm³/mol. The molecule has 1 heterocycles. The van der Waals surface area contributed by atoms with Gasteiger partial charge in [0.15, 0.2) is 0 Å². The van der Waals surface area contributed by atoms with Crippen molar-refractivity contribution >= 4 is 17.6 Å². The van der Waals surface area contributed by atoms with Gasteiger partial charge in [0.05, 0.1) is 12.1 Å². The third-order valence-electron chi connectivity index (χ3n) is 3.15. The van der Waals surface area contributed by atoms with Gasteiger partial charge in [-0.3, -0.25) is 4.99 Å². The van der Waals surface area contributed by atoms with E-state index >= 15 is 0 Å². The van der Waals surface area contributed by atoms with Gasteiger partial charge in [0.1, 0.15) is 16.5 Å². The summed E-state index contributed by atoms with van der Waals surface area (Å²) in [5.41, 5.74) is 0.320. The van der Waals surface area contributed by atoms with E-state index in [1.807, 2.05) is 12.3 Å². The summed E-state index contributed by atoms with van der Waals surface area (Å²) < 4.78 is 0. The first-order chi connectivity index (χ1) is 8.69. The molecular formula is C13H14N4S. The molecule has 1 atom stereocenters. The lowest BCUT2D eigenvalue weighted by Crippen LogP contribution is -2.19. The lowest BCUT2D eigenvalue weighted by Gasteiger charge is -2.13. The second-order valence-corrected chi connectivity index (χ2v) is 5.45. The standard InChI is InChI=1S/C13H14N4S/c1-10-8-18-12(17-10)11(6-14)7-16-13(9-15)4-2-3-5-13/h7-8,11H,2-5H2,1H3/t11-/m0/s1. The summed E-state index contributed by atoms with van der Waals surface area (Å²) in [5, 5.41) is 21.1. The van der Waals surface area contributed by atoms with Gasteiger partial charge in [0, 0.05) is 17.3 Å². The number of hydrogen-bond acceptors (Lipinski definition) is 5. The van der Waals surface area contributed by atoms with Gasteiger partial charge in [-0.2, -0.15) is 10.5 Å². The molecular weight excluding hydrogens is 244 g/mol. The van der Waals surface area contributed by atoms with Crippen LogP contribution in [0.1, 0.15) is 42.3 Å². The van der Waals surface area contributed by atoms with E-state index in [0.717, 1.165) is 36.4 Å². The highest BCUT2D eigenvalue weighted by Gasteiger charge is 2.33. The lowest BCUT2D eigenvalue weighted by molar-refractivity contribution is 0.568. The number of thiazole rings is 1. The highest BCUT2D eigenvalue weighted by atomic mass is 32.1. The van der Waals surface area contributed by atoms with Gasteiger partial charge in [-0.25, -0.2) is 4.98 Å². The smallest absolute Gasteiger partial charge is 0.146 e. The van der Waals surface area contributed by atoms with Crippen LogP contribution in [0.2, 0.25) is 0 Å². The fourth-order valence-corrected chi connectivity index (χ4v) is 2.92. The molecule has 0 N–H and O–H groups in total. The van der Waals surface area contributed by atoms with Crippen molar-refractivity contribution in [3.05, 3.63) is 16.1 Å². The summed E-state index contributed by atoms with van der Waals surface area (Å²) in [6.45, 7) is 1.90. The summed E-state index contributed by atoms with van der Waals surface area (Å²) in [6.07, 6.45) is 5.29. The van der Waals surface area contributed by atoms with Crippen molar-refractivity contribution in [3.63, 3.8) is 0 Å². The van der Waals surface area contributed by atoms with E-state index in [0.29, 0.717) is 0 Å². The Morgan fingerprint density at radius 3 is 2.72 bits per heavy atom. The van der Waals surface area contributed by atoms with Crippen molar-refractivity contribution in [1.82, 2.24) is 4.98 Å². The maximum absolute atomic E-state index is 9.22. The van der Waals surface area contributed by atoms with Crippen molar-refractivity contribution in [2.45, 2.75) is 44.1 Å². The summed E-state index contributed by atoms with van der Waals surface area (Å²) in [4.78, 5) is 8.69. The first-order valence-electron chi connectivity index (χ1n) is 5.97. The second kappa shape index (κ2) is 5.29.